The van der Waals surface area contributed by atoms with E-state index in [0.29, 0.717) is 6.10 Å². The molecule has 0 aliphatic carbocycles. The van der Waals surface area contributed by atoms with Crippen molar-refractivity contribution in [1.29, 1.82) is 0 Å². The Morgan fingerprint density at radius 2 is 1.89 bits per heavy atom. The van der Waals surface area contributed by atoms with Crippen LogP contribution in [0.2, 0.25) is 0 Å². The maximum Gasteiger partial charge on any atom is 2.00 e. The molecule has 4 heteroatoms. The largest absolute Gasteiger partial charge is 2.00 e. The van der Waals surface area contributed by atoms with Crippen LogP contribution in [0.4, 0.5) is 0 Å². The number of hydrogen-bond donors (Lipinski definition) is 0. The molecule has 9 heavy (non-hydrogen) atoms. The molecule has 1 atom stereocenters. The fourth-order valence-corrected chi connectivity index (χ4v) is 0.739. The molecule has 0 aromatic rings. The summed E-state index contributed by atoms with van der Waals surface area (Å²) in [4.78, 5) is 0. The van der Waals surface area contributed by atoms with Gasteiger partial charge in [-0.15, -0.1) is 0 Å². The summed E-state index contributed by atoms with van der Waals surface area (Å²) in [6.07, 6.45) is 3.08. The summed E-state index contributed by atoms with van der Waals surface area (Å²) in [5.41, 5.74) is 0. The van der Waals surface area contributed by atoms with Crippen LogP contribution in [0.1, 0.15) is 19.8 Å². The quantitative estimate of drug-likeness (QED) is 0.400. The molecule has 1 aliphatic rings. The number of ether oxygens (including phenoxy) is 1. The monoisotopic (exact) mass is 268 g/mol. The zero-order valence-corrected chi connectivity index (χ0v) is 10.2. The Labute approximate surface area is 93.6 Å². The number of halogens is 2. The van der Waals surface area contributed by atoms with Crippen LogP contribution >= 0.6 is 0 Å². The van der Waals surface area contributed by atoms with E-state index in [4.69, 9.17) is 4.74 Å². The molecule has 1 aliphatic heterocycles. The Hall–Kier alpha value is 1.69. The van der Waals surface area contributed by atoms with Crippen molar-refractivity contribution in [1.82, 2.24) is 0 Å². The van der Waals surface area contributed by atoms with E-state index >= 15 is 0 Å². The smallest absolute Gasteiger partial charge is 1.00 e. The molecule has 0 bridgehead atoms. The number of rotatable bonds is 0. The molecule has 0 saturated carbocycles. The van der Waals surface area contributed by atoms with Gasteiger partial charge in [0.25, 0.3) is 0 Å². The first-order valence-electron chi connectivity index (χ1n) is 2.51. The van der Waals surface area contributed by atoms with E-state index in [1.54, 1.807) is 0 Å². The number of hydrogen-bond acceptors (Lipinski definition) is 1. The second-order valence-electron chi connectivity index (χ2n) is 1.82. The Kier molecular flexibility index (Phi) is 18.3. The van der Waals surface area contributed by atoms with Gasteiger partial charge in [-0.25, -0.2) is 0 Å². The Balaban J connectivity index is -0.000000120. The molecule has 1 heterocycles. The van der Waals surface area contributed by atoms with Gasteiger partial charge in [0, 0.05) is 6.61 Å². The van der Waals surface area contributed by atoms with Gasteiger partial charge < -0.3 is 38.7 Å². The van der Waals surface area contributed by atoms with Gasteiger partial charge in [0.15, 0.2) is 0 Å². The third kappa shape index (κ3) is 7.58. The van der Waals surface area contributed by atoms with Gasteiger partial charge in [-0.2, -0.15) is 0 Å². The van der Waals surface area contributed by atoms with Gasteiger partial charge in [-0.05, 0) is 19.8 Å². The zero-order valence-electron chi connectivity index (χ0n) is 5.57. The minimum atomic E-state index is 0. The van der Waals surface area contributed by atoms with E-state index in [-0.39, 0.29) is 57.0 Å². The van der Waals surface area contributed by atoms with E-state index in [1.165, 1.54) is 12.8 Å². The zero-order chi connectivity index (χ0) is 4.41. The average molecular weight is 270 g/mol. The molecule has 52 valence electrons. The molecule has 1 saturated heterocycles. The van der Waals surface area contributed by atoms with E-state index in [2.05, 4.69) is 6.92 Å². The summed E-state index contributed by atoms with van der Waals surface area (Å²) in [7, 11) is 0. The van der Waals surface area contributed by atoms with Gasteiger partial charge in [0.2, 0.25) is 0 Å². The summed E-state index contributed by atoms with van der Waals surface area (Å²) >= 11 is 0. The Bertz CT molecular complexity index is 48.2. The third-order valence-corrected chi connectivity index (χ3v) is 1.16. The van der Waals surface area contributed by atoms with Gasteiger partial charge >= 0.3 is 23.1 Å². The molecular formula is C5H10Br2MgO. The summed E-state index contributed by atoms with van der Waals surface area (Å²) in [5.74, 6) is 0. The predicted octanol–water partition coefficient (Wildman–Crippen LogP) is -5.19. The van der Waals surface area contributed by atoms with E-state index < -0.39 is 0 Å². The first kappa shape index (κ1) is 17.0. The molecule has 1 unspecified atom stereocenters. The summed E-state index contributed by atoms with van der Waals surface area (Å²) in [5, 5.41) is 0. The predicted molar refractivity (Wildman–Crippen MR) is 30.4 cm³/mol. The van der Waals surface area contributed by atoms with Crippen molar-refractivity contribution in [3.05, 3.63) is 0 Å². The average Bonchev–Trinajstić information content (AvgIpc) is 1.86. The molecule has 1 rings (SSSR count). The summed E-state index contributed by atoms with van der Waals surface area (Å²) < 4.78 is 5.15. The molecule has 0 aromatic carbocycles. The Morgan fingerprint density at radius 1 is 1.33 bits per heavy atom. The van der Waals surface area contributed by atoms with Crippen molar-refractivity contribution in [2.75, 3.05) is 6.61 Å². The molecule has 0 aromatic heterocycles. The van der Waals surface area contributed by atoms with Crippen molar-refractivity contribution in [3.8, 4) is 0 Å². The van der Waals surface area contributed by atoms with E-state index in [1.807, 2.05) is 0 Å². The van der Waals surface area contributed by atoms with Gasteiger partial charge in [-0.3, -0.25) is 0 Å². The van der Waals surface area contributed by atoms with Crippen LogP contribution in [-0.2, 0) is 4.74 Å². The normalized spacial score (nSPS) is 23.0. The van der Waals surface area contributed by atoms with Crippen molar-refractivity contribution >= 4 is 23.1 Å². The molecule has 1 nitrogen and oxygen atoms in total. The van der Waals surface area contributed by atoms with Gasteiger partial charge in [-0.1, -0.05) is 0 Å². The van der Waals surface area contributed by atoms with Crippen LogP contribution in [0.5, 0.6) is 0 Å². The SMILES string of the molecule is CC1CCCO1.[Br-].[Br-].[Mg+2]. The first-order valence-corrected chi connectivity index (χ1v) is 2.51. The Morgan fingerprint density at radius 3 is 2.00 bits per heavy atom. The van der Waals surface area contributed by atoms with Gasteiger partial charge in [0.1, 0.15) is 0 Å². The second-order valence-corrected chi connectivity index (χ2v) is 1.82. The first-order chi connectivity index (χ1) is 2.89. The maximum atomic E-state index is 5.15. The van der Waals surface area contributed by atoms with Crippen molar-refractivity contribution in [3.63, 3.8) is 0 Å². The molecule has 1 fully saturated rings. The summed E-state index contributed by atoms with van der Waals surface area (Å²) in [6.45, 7) is 3.11. The van der Waals surface area contributed by atoms with Crippen LogP contribution in [0, 0.1) is 0 Å². The van der Waals surface area contributed by atoms with Crippen molar-refractivity contribution in [2.45, 2.75) is 25.9 Å². The minimum absolute atomic E-state index is 0. The van der Waals surface area contributed by atoms with E-state index in [0.717, 1.165) is 6.61 Å². The second kappa shape index (κ2) is 9.69. The fraction of sp³-hybridized carbons (Fsp3) is 1.00. The van der Waals surface area contributed by atoms with Crippen LogP contribution in [0.15, 0.2) is 0 Å². The molecule has 0 radical (unpaired) electrons. The van der Waals surface area contributed by atoms with Crippen LogP contribution in [0.3, 0.4) is 0 Å². The van der Waals surface area contributed by atoms with E-state index in [9.17, 15) is 0 Å². The molecule has 0 amide bonds. The third-order valence-electron chi connectivity index (χ3n) is 1.16. The van der Waals surface area contributed by atoms with Crippen LogP contribution in [0.25, 0.3) is 0 Å². The van der Waals surface area contributed by atoms with Crippen LogP contribution in [-0.4, -0.2) is 35.8 Å². The maximum absolute atomic E-state index is 5.15. The molecular weight excluding hydrogens is 260 g/mol. The standard InChI is InChI=1S/C5H10O.2BrH.Mg/c1-5-3-2-4-6-5;;;/h5H,2-4H2,1H3;2*1H;/q;;;+2/p-2. The van der Waals surface area contributed by atoms with Crippen LogP contribution < -0.4 is 34.0 Å². The fourth-order valence-electron chi connectivity index (χ4n) is 0.739. The van der Waals surface area contributed by atoms with Crippen molar-refractivity contribution < 1.29 is 38.7 Å². The van der Waals surface area contributed by atoms with Crippen molar-refractivity contribution in [2.24, 2.45) is 0 Å². The summed E-state index contributed by atoms with van der Waals surface area (Å²) in [6, 6.07) is 0. The molecule has 0 spiro atoms. The topological polar surface area (TPSA) is 9.23 Å². The minimum Gasteiger partial charge on any atom is -1.00 e. The van der Waals surface area contributed by atoms with Gasteiger partial charge in [0.05, 0.1) is 6.10 Å². The molecule has 0 N–H and O–H groups in total.